The lowest BCUT2D eigenvalue weighted by Gasteiger charge is -2.34. The number of methoxy groups -OCH3 is 2. The number of ether oxygens (including phenoxy) is 2. The highest BCUT2D eigenvalue weighted by molar-refractivity contribution is 4.80. The molecule has 4 nitrogen and oxygen atoms in total. The second-order valence-electron chi connectivity index (χ2n) is 4.76. The molecule has 0 spiro atoms. The van der Waals surface area contributed by atoms with E-state index in [9.17, 15) is 0 Å². The van der Waals surface area contributed by atoms with Crippen molar-refractivity contribution in [1.82, 2.24) is 4.90 Å². The molecule has 0 radical (unpaired) electrons. The van der Waals surface area contributed by atoms with Gasteiger partial charge in [-0.05, 0) is 20.8 Å². The zero-order valence-corrected chi connectivity index (χ0v) is 10.7. The van der Waals surface area contributed by atoms with Gasteiger partial charge in [-0.1, -0.05) is 0 Å². The molecule has 0 bridgehead atoms. The van der Waals surface area contributed by atoms with E-state index in [2.05, 4.69) is 11.8 Å². The summed E-state index contributed by atoms with van der Waals surface area (Å²) in [5, 5.41) is 0. The van der Waals surface area contributed by atoms with Gasteiger partial charge in [0, 0.05) is 38.9 Å². The molecule has 1 atom stereocenters. The minimum Gasteiger partial charge on any atom is -0.383 e. The maximum Gasteiger partial charge on any atom is 0.0615 e. The molecule has 0 rings (SSSR count). The lowest BCUT2D eigenvalue weighted by molar-refractivity contribution is 0.0642. The first-order valence-corrected chi connectivity index (χ1v) is 5.41. The van der Waals surface area contributed by atoms with Gasteiger partial charge in [-0.15, -0.1) is 0 Å². The van der Waals surface area contributed by atoms with Crippen molar-refractivity contribution in [3.8, 4) is 0 Å². The minimum absolute atomic E-state index is 0.185. The first-order valence-electron chi connectivity index (χ1n) is 5.41. The molecule has 0 aliphatic rings. The highest BCUT2D eigenvalue weighted by Gasteiger charge is 2.20. The van der Waals surface area contributed by atoms with Crippen LogP contribution in [0, 0.1) is 0 Å². The van der Waals surface area contributed by atoms with Crippen LogP contribution in [0.15, 0.2) is 0 Å². The smallest absolute Gasteiger partial charge is 0.0615 e. The van der Waals surface area contributed by atoms with Crippen LogP contribution in [0.2, 0.25) is 0 Å². The van der Waals surface area contributed by atoms with Gasteiger partial charge in [-0.3, -0.25) is 4.90 Å². The predicted octanol–water partition coefficient (Wildman–Crippen LogP) is 0.707. The number of rotatable bonds is 8. The summed E-state index contributed by atoms with van der Waals surface area (Å²) < 4.78 is 10.2. The predicted molar refractivity (Wildman–Crippen MR) is 63.1 cm³/mol. The largest absolute Gasteiger partial charge is 0.383 e. The van der Waals surface area contributed by atoms with Crippen LogP contribution in [0.25, 0.3) is 0 Å². The van der Waals surface area contributed by atoms with Gasteiger partial charge >= 0.3 is 0 Å². The molecular formula is C11H26N2O2. The quantitative estimate of drug-likeness (QED) is 0.652. The Bertz CT molecular complexity index is 157. The van der Waals surface area contributed by atoms with Crippen molar-refractivity contribution >= 4 is 0 Å². The molecule has 0 saturated carbocycles. The van der Waals surface area contributed by atoms with Crippen molar-refractivity contribution in [2.45, 2.75) is 32.4 Å². The highest BCUT2D eigenvalue weighted by Crippen LogP contribution is 2.06. The Hall–Kier alpha value is -0.160. The summed E-state index contributed by atoms with van der Waals surface area (Å²) in [4.78, 5) is 2.30. The maximum absolute atomic E-state index is 6.02. The van der Waals surface area contributed by atoms with E-state index in [1.165, 1.54) is 0 Å². The fourth-order valence-corrected chi connectivity index (χ4v) is 1.53. The van der Waals surface area contributed by atoms with Gasteiger partial charge in [-0.2, -0.15) is 0 Å². The molecule has 0 aromatic heterocycles. The van der Waals surface area contributed by atoms with Crippen molar-refractivity contribution < 1.29 is 9.47 Å². The SMILES string of the molecule is COCCN(CC(C)(C)N)C(C)COC. The summed E-state index contributed by atoms with van der Waals surface area (Å²) in [6.45, 7) is 9.40. The van der Waals surface area contributed by atoms with E-state index in [-0.39, 0.29) is 5.54 Å². The molecule has 15 heavy (non-hydrogen) atoms. The summed E-state index contributed by atoms with van der Waals surface area (Å²) >= 11 is 0. The van der Waals surface area contributed by atoms with Gasteiger partial charge in [0.2, 0.25) is 0 Å². The normalized spacial score (nSPS) is 14.6. The molecule has 0 saturated heterocycles. The number of nitrogens with two attached hydrogens (primary N) is 1. The lowest BCUT2D eigenvalue weighted by atomic mass is 10.1. The summed E-state index contributed by atoms with van der Waals surface area (Å²) in [6, 6.07) is 0.368. The van der Waals surface area contributed by atoms with Crippen LogP contribution >= 0.6 is 0 Å². The fourth-order valence-electron chi connectivity index (χ4n) is 1.53. The van der Waals surface area contributed by atoms with Crippen LogP contribution in [0.1, 0.15) is 20.8 Å². The van der Waals surface area contributed by atoms with E-state index in [0.29, 0.717) is 6.04 Å². The van der Waals surface area contributed by atoms with Crippen molar-refractivity contribution in [1.29, 1.82) is 0 Å². The Morgan fingerprint density at radius 1 is 1.27 bits per heavy atom. The summed E-state index contributed by atoms with van der Waals surface area (Å²) in [5.41, 5.74) is 5.83. The number of hydrogen-bond acceptors (Lipinski definition) is 4. The molecular weight excluding hydrogens is 192 g/mol. The second kappa shape index (κ2) is 7.17. The van der Waals surface area contributed by atoms with E-state index in [1.807, 2.05) is 13.8 Å². The monoisotopic (exact) mass is 218 g/mol. The molecule has 92 valence electrons. The van der Waals surface area contributed by atoms with Crippen LogP contribution in [-0.4, -0.2) is 57.0 Å². The fraction of sp³-hybridized carbons (Fsp3) is 1.00. The van der Waals surface area contributed by atoms with Gasteiger partial charge in [0.05, 0.1) is 13.2 Å². The lowest BCUT2D eigenvalue weighted by Crippen LogP contribution is -2.50. The van der Waals surface area contributed by atoms with Crippen LogP contribution in [0.4, 0.5) is 0 Å². The molecule has 1 unspecified atom stereocenters. The second-order valence-corrected chi connectivity index (χ2v) is 4.76. The van der Waals surface area contributed by atoms with Crippen LogP contribution < -0.4 is 5.73 Å². The zero-order valence-electron chi connectivity index (χ0n) is 10.7. The topological polar surface area (TPSA) is 47.7 Å². The standard InChI is InChI=1S/C11H26N2O2/c1-10(8-15-5)13(6-7-14-4)9-11(2,3)12/h10H,6-9,12H2,1-5H3. The summed E-state index contributed by atoms with van der Waals surface area (Å²) in [7, 11) is 3.44. The molecule has 0 aliphatic carbocycles. The van der Waals surface area contributed by atoms with E-state index < -0.39 is 0 Å². The van der Waals surface area contributed by atoms with Gasteiger partial charge < -0.3 is 15.2 Å². The summed E-state index contributed by atoms with van der Waals surface area (Å²) in [5.74, 6) is 0. The Morgan fingerprint density at radius 3 is 2.27 bits per heavy atom. The molecule has 0 aromatic rings. The van der Waals surface area contributed by atoms with Crippen LogP contribution in [-0.2, 0) is 9.47 Å². The van der Waals surface area contributed by atoms with Gasteiger partial charge in [0.15, 0.2) is 0 Å². The number of hydrogen-bond donors (Lipinski definition) is 1. The summed E-state index contributed by atoms with van der Waals surface area (Å²) in [6.07, 6.45) is 0. The van der Waals surface area contributed by atoms with Crippen molar-refractivity contribution in [2.24, 2.45) is 5.73 Å². The van der Waals surface area contributed by atoms with Crippen molar-refractivity contribution in [3.63, 3.8) is 0 Å². The van der Waals surface area contributed by atoms with Gasteiger partial charge in [0.25, 0.3) is 0 Å². The van der Waals surface area contributed by atoms with Gasteiger partial charge in [0.1, 0.15) is 0 Å². The third kappa shape index (κ3) is 7.73. The van der Waals surface area contributed by atoms with E-state index in [4.69, 9.17) is 15.2 Å². The average molecular weight is 218 g/mol. The Labute approximate surface area is 93.7 Å². The minimum atomic E-state index is -0.185. The molecule has 4 heteroatoms. The highest BCUT2D eigenvalue weighted by atomic mass is 16.5. The molecule has 2 N–H and O–H groups in total. The average Bonchev–Trinajstić information content (AvgIpc) is 2.10. The molecule has 0 amide bonds. The van der Waals surface area contributed by atoms with E-state index in [1.54, 1.807) is 14.2 Å². The first kappa shape index (κ1) is 14.8. The Balaban J connectivity index is 4.16. The first-order chi connectivity index (χ1) is 6.90. The Morgan fingerprint density at radius 2 is 1.87 bits per heavy atom. The van der Waals surface area contributed by atoms with Crippen molar-refractivity contribution in [3.05, 3.63) is 0 Å². The van der Waals surface area contributed by atoms with Crippen LogP contribution in [0.3, 0.4) is 0 Å². The molecule has 0 fully saturated rings. The zero-order chi connectivity index (χ0) is 11.9. The van der Waals surface area contributed by atoms with E-state index >= 15 is 0 Å². The van der Waals surface area contributed by atoms with Crippen LogP contribution in [0.5, 0.6) is 0 Å². The van der Waals surface area contributed by atoms with Crippen molar-refractivity contribution in [2.75, 3.05) is 40.5 Å². The number of nitrogens with zero attached hydrogens (tertiary/aromatic N) is 1. The third-order valence-electron chi connectivity index (χ3n) is 2.22. The molecule has 0 aromatic carbocycles. The van der Waals surface area contributed by atoms with E-state index in [0.717, 1.165) is 26.3 Å². The third-order valence-corrected chi connectivity index (χ3v) is 2.22. The Kier molecular flexibility index (Phi) is 7.09. The molecule has 0 aliphatic heterocycles. The molecule has 0 heterocycles. The van der Waals surface area contributed by atoms with Gasteiger partial charge in [-0.25, -0.2) is 0 Å². The maximum atomic E-state index is 6.02.